The predicted molar refractivity (Wildman–Crippen MR) is 78.9 cm³/mol. The quantitative estimate of drug-likeness (QED) is 0.909. The summed E-state index contributed by atoms with van der Waals surface area (Å²) >= 11 is 6.15. The van der Waals surface area contributed by atoms with E-state index in [1.54, 1.807) is 33.9 Å². The molecule has 1 N–H and O–H groups in total. The molecule has 0 aromatic heterocycles. The number of hydrogen-bond acceptors (Lipinski definition) is 2. The van der Waals surface area contributed by atoms with Crippen LogP contribution in [0, 0.1) is 5.92 Å². The molecule has 0 saturated heterocycles. The SMILES string of the molecule is CC(CN(C)C(=O)C(C)(C)c1ccccc1Cl)C(=O)O. The van der Waals surface area contributed by atoms with Gasteiger partial charge in [-0.2, -0.15) is 0 Å². The monoisotopic (exact) mass is 297 g/mol. The van der Waals surface area contributed by atoms with E-state index in [-0.39, 0.29) is 12.5 Å². The fourth-order valence-corrected chi connectivity index (χ4v) is 2.50. The molecule has 1 aromatic rings. The lowest BCUT2D eigenvalue weighted by Crippen LogP contribution is -2.44. The minimum atomic E-state index is -0.916. The van der Waals surface area contributed by atoms with Crippen molar-refractivity contribution >= 4 is 23.5 Å². The van der Waals surface area contributed by atoms with Gasteiger partial charge in [-0.3, -0.25) is 9.59 Å². The first-order valence-corrected chi connectivity index (χ1v) is 6.79. The van der Waals surface area contributed by atoms with E-state index >= 15 is 0 Å². The predicted octanol–water partition coefficient (Wildman–Crippen LogP) is 2.80. The Balaban J connectivity index is 2.95. The van der Waals surface area contributed by atoms with Crippen LogP contribution >= 0.6 is 11.6 Å². The number of amides is 1. The molecule has 5 heteroatoms. The lowest BCUT2D eigenvalue weighted by molar-refractivity contribution is -0.143. The molecule has 1 unspecified atom stereocenters. The van der Waals surface area contributed by atoms with Gasteiger partial charge in [0.2, 0.25) is 5.91 Å². The fourth-order valence-electron chi connectivity index (χ4n) is 2.13. The normalized spacial score (nSPS) is 12.8. The molecule has 0 aliphatic rings. The van der Waals surface area contributed by atoms with Crippen LogP contribution in [0.3, 0.4) is 0 Å². The van der Waals surface area contributed by atoms with E-state index in [1.165, 1.54) is 4.90 Å². The van der Waals surface area contributed by atoms with Gasteiger partial charge < -0.3 is 10.0 Å². The number of aliphatic carboxylic acids is 1. The van der Waals surface area contributed by atoms with E-state index in [0.29, 0.717) is 5.02 Å². The average Bonchev–Trinajstić information content (AvgIpc) is 2.37. The third-order valence-corrected chi connectivity index (χ3v) is 3.73. The molecule has 4 nitrogen and oxygen atoms in total. The smallest absolute Gasteiger partial charge is 0.308 e. The van der Waals surface area contributed by atoms with Crippen LogP contribution in [0.1, 0.15) is 26.3 Å². The Hall–Kier alpha value is -1.55. The summed E-state index contributed by atoms with van der Waals surface area (Å²) in [4.78, 5) is 24.9. The second-order valence-corrected chi connectivity index (χ2v) is 5.94. The molecule has 20 heavy (non-hydrogen) atoms. The molecule has 1 rings (SSSR count). The summed E-state index contributed by atoms with van der Waals surface area (Å²) in [6, 6.07) is 7.19. The maximum Gasteiger partial charge on any atom is 0.308 e. The van der Waals surface area contributed by atoms with Gasteiger partial charge in [0, 0.05) is 18.6 Å². The van der Waals surface area contributed by atoms with Crippen molar-refractivity contribution in [3.8, 4) is 0 Å². The van der Waals surface area contributed by atoms with Gasteiger partial charge in [0.1, 0.15) is 0 Å². The molecule has 1 amide bonds. The summed E-state index contributed by atoms with van der Waals surface area (Å²) in [6.07, 6.45) is 0. The molecular weight excluding hydrogens is 278 g/mol. The maximum atomic E-state index is 12.5. The Kier molecular flexibility index (Phi) is 5.17. The number of rotatable bonds is 5. The maximum absolute atomic E-state index is 12.5. The van der Waals surface area contributed by atoms with Crippen LogP contribution in [0.15, 0.2) is 24.3 Å². The number of hydrogen-bond donors (Lipinski definition) is 1. The van der Waals surface area contributed by atoms with Gasteiger partial charge in [-0.25, -0.2) is 0 Å². The first-order valence-electron chi connectivity index (χ1n) is 6.41. The number of carboxylic acids is 1. The molecule has 110 valence electrons. The van der Waals surface area contributed by atoms with Crippen molar-refractivity contribution in [2.75, 3.05) is 13.6 Å². The third kappa shape index (κ3) is 3.51. The molecule has 0 aliphatic carbocycles. The van der Waals surface area contributed by atoms with Crippen molar-refractivity contribution in [3.63, 3.8) is 0 Å². The number of carboxylic acid groups (broad SMARTS) is 1. The second kappa shape index (κ2) is 6.27. The highest BCUT2D eigenvalue weighted by Gasteiger charge is 2.34. The molecular formula is C15H20ClNO3. The van der Waals surface area contributed by atoms with E-state index < -0.39 is 17.3 Å². The average molecular weight is 298 g/mol. The Bertz CT molecular complexity index is 514. The summed E-state index contributed by atoms with van der Waals surface area (Å²) in [7, 11) is 1.61. The zero-order chi connectivity index (χ0) is 15.5. The summed E-state index contributed by atoms with van der Waals surface area (Å²) in [5, 5.41) is 9.45. The Labute approximate surface area is 124 Å². The van der Waals surface area contributed by atoms with Gasteiger partial charge in [-0.1, -0.05) is 36.7 Å². The third-order valence-electron chi connectivity index (χ3n) is 3.40. The number of carbonyl (C=O) groups excluding carboxylic acids is 1. The highest BCUT2D eigenvalue weighted by atomic mass is 35.5. The number of carbonyl (C=O) groups is 2. The zero-order valence-electron chi connectivity index (χ0n) is 12.2. The highest BCUT2D eigenvalue weighted by Crippen LogP contribution is 2.31. The van der Waals surface area contributed by atoms with E-state index in [4.69, 9.17) is 16.7 Å². The van der Waals surface area contributed by atoms with Crippen molar-refractivity contribution < 1.29 is 14.7 Å². The van der Waals surface area contributed by atoms with Crippen molar-refractivity contribution in [3.05, 3.63) is 34.9 Å². The Morgan fingerprint density at radius 1 is 1.35 bits per heavy atom. The van der Waals surface area contributed by atoms with Crippen molar-refractivity contribution in [2.45, 2.75) is 26.2 Å². The largest absolute Gasteiger partial charge is 0.481 e. The first-order chi connectivity index (χ1) is 9.17. The molecule has 0 heterocycles. The fraction of sp³-hybridized carbons (Fsp3) is 0.467. The van der Waals surface area contributed by atoms with Gasteiger partial charge in [0.25, 0.3) is 0 Å². The summed E-state index contributed by atoms with van der Waals surface area (Å²) < 4.78 is 0. The highest BCUT2D eigenvalue weighted by molar-refractivity contribution is 6.31. The minimum absolute atomic E-state index is 0.154. The molecule has 0 saturated carbocycles. The van der Waals surface area contributed by atoms with E-state index in [9.17, 15) is 9.59 Å². The van der Waals surface area contributed by atoms with Crippen molar-refractivity contribution in [1.29, 1.82) is 0 Å². The first kappa shape index (κ1) is 16.5. The van der Waals surface area contributed by atoms with E-state index in [1.807, 2.05) is 18.2 Å². The number of benzene rings is 1. The summed E-state index contributed by atoms with van der Waals surface area (Å²) in [6.45, 7) is 5.33. The summed E-state index contributed by atoms with van der Waals surface area (Å²) in [5.74, 6) is -1.68. The van der Waals surface area contributed by atoms with Crippen LogP contribution in [-0.2, 0) is 15.0 Å². The minimum Gasteiger partial charge on any atom is -0.481 e. The van der Waals surface area contributed by atoms with E-state index in [0.717, 1.165) is 5.56 Å². The Morgan fingerprint density at radius 2 is 1.90 bits per heavy atom. The second-order valence-electron chi connectivity index (χ2n) is 5.53. The molecule has 0 spiro atoms. The lowest BCUT2D eigenvalue weighted by atomic mass is 9.83. The lowest BCUT2D eigenvalue weighted by Gasteiger charge is -2.31. The van der Waals surface area contributed by atoms with Gasteiger partial charge in [0.05, 0.1) is 11.3 Å². The molecule has 0 radical (unpaired) electrons. The number of likely N-dealkylation sites (N-methyl/N-ethyl adjacent to an activating group) is 1. The van der Waals surface area contributed by atoms with Crippen LogP contribution in [0.4, 0.5) is 0 Å². The van der Waals surface area contributed by atoms with Crippen LogP contribution < -0.4 is 0 Å². The molecule has 0 fully saturated rings. The van der Waals surface area contributed by atoms with Crippen LogP contribution in [0.25, 0.3) is 0 Å². The Morgan fingerprint density at radius 3 is 2.40 bits per heavy atom. The summed E-state index contributed by atoms with van der Waals surface area (Å²) in [5.41, 5.74) is -0.0628. The van der Waals surface area contributed by atoms with Crippen LogP contribution in [-0.4, -0.2) is 35.5 Å². The molecule has 0 aliphatic heterocycles. The molecule has 0 bridgehead atoms. The van der Waals surface area contributed by atoms with Gasteiger partial charge in [-0.15, -0.1) is 0 Å². The molecule has 1 aromatic carbocycles. The van der Waals surface area contributed by atoms with Crippen molar-refractivity contribution in [2.24, 2.45) is 5.92 Å². The van der Waals surface area contributed by atoms with E-state index in [2.05, 4.69) is 0 Å². The topological polar surface area (TPSA) is 57.6 Å². The van der Waals surface area contributed by atoms with Gasteiger partial charge in [-0.05, 0) is 25.5 Å². The zero-order valence-corrected chi connectivity index (χ0v) is 12.9. The molecule has 1 atom stereocenters. The van der Waals surface area contributed by atoms with Crippen LogP contribution in [0.5, 0.6) is 0 Å². The standard InChI is InChI=1S/C15H20ClNO3/c1-10(13(18)19)9-17(4)14(20)15(2,3)11-7-5-6-8-12(11)16/h5-8,10H,9H2,1-4H3,(H,18,19). The van der Waals surface area contributed by atoms with Gasteiger partial charge in [0.15, 0.2) is 0 Å². The number of nitrogens with zero attached hydrogens (tertiary/aromatic N) is 1. The van der Waals surface area contributed by atoms with Crippen molar-refractivity contribution in [1.82, 2.24) is 4.90 Å². The number of halogens is 1. The van der Waals surface area contributed by atoms with Gasteiger partial charge >= 0.3 is 5.97 Å². The van der Waals surface area contributed by atoms with Crippen LogP contribution in [0.2, 0.25) is 5.02 Å².